The summed E-state index contributed by atoms with van der Waals surface area (Å²) in [5, 5.41) is 0.492. The minimum absolute atomic E-state index is 0.0892. The van der Waals surface area contributed by atoms with Gasteiger partial charge in [0.05, 0.1) is 17.7 Å². The zero-order valence-electron chi connectivity index (χ0n) is 17.3. The third-order valence-electron chi connectivity index (χ3n) is 5.56. The van der Waals surface area contributed by atoms with Gasteiger partial charge in [-0.3, -0.25) is 9.10 Å². The van der Waals surface area contributed by atoms with Crippen LogP contribution in [0.4, 0.5) is 5.69 Å². The second kappa shape index (κ2) is 9.71. The van der Waals surface area contributed by atoms with E-state index in [0.717, 1.165) is 30.0 Å². The summed E-state index contributed by atoms with van der Waals surface area (Å²) in [6.07, 6.45) is 5.27. The van der Waals surface area contributed by atoms with Crippen molar-refractivity contribution in [1.29, 1.82) is 0 Å². The van der Waals surface area contributed by atoms with Crippen LogP contribution in [0.3, 0.4) is 0 Å². The van der Waals surface area contributed by atoms with Gasteiger partial charge in [0.2, 0.25) is 5.91 Å². The molecule has 2 aromatic rings. The molecule has 0 N–H and O–H groups in total. The van der Waals surface area contributed by atoms with Crippen LogP contribution in [0.1, 0.15) is 32.1 Å². The minimum atomic E-state index is -3.96. The van der Waals surface area contributed by atoms with Crippen molar-refractivity contribution in [3.05, 3.63) is 53.6 Å². The van der Waals surface area contributed by atoms with Gasteiger partial charge in [-0.05, 0) is 61.4 Å². The number of benzene rings is 2. The van der Waals surface area contributed by atoms with E-state index < -0.39 is 10.0 Å². The second-order valence-electron chi connectivity index (χ2n) is 7.46. The Labute approximate surface area is 183 Å². The zero-order chi connectivity index (χ0) is 21.7. The lowest BCUT2D eigenvalue weighted by molar-refractivity contribution is -0.130. The van der Waals surface area contributed by atoms with E-state index >= 15 is 0 Å². The average molecular weight is 451 g/mol. The molecule has 3 rings (SSSR count). The largest absolute Gasteiger partial charge is 0.497 e. The number of likely N-dealkylation sites (N-methyl/N-ethyl adjacent to an activating group) is 1. The Balaban J connectivity index is 1.91. The maximum absolute atomic E-state index is 13.4. The Kier molecular flexibility index (Phi) is 7.26. The first-order chi connectivity index (χ1) is 14.3. The van der Waals surface area contributed by atoms with E-state index in [0.29, 0.717) is 16.5 Å². The first-order valence-corrected chi connectivity index (χ1v) is 11.8. The fourth-order valence-electron chi connectivity index (χ4n) is 3.70. The normalized spacial score (nSPS) is 14.9. The molecule has 1 aliphatic rings. The molecule has 162 valence electrons. The number of rotatable bonds is 7. The summed E-state index contributed by atoms with van der Waals surface area (Å²) in [5.41, 5.74) is 0.389. The fraction of sp³-hybridized carbons (Fsp3) is 0.409. The van der Waals surface area contributed by atoms with Crippen LogP contribution < -0.4 is 9.04 Å². The van der Waals surface area contributed by atoms with Crippen molar-refractivity contribution >= 4 is 33.2 Å². The monoisotopic (exact) mass is 450 g/mol. The topological polar surface area (TPSA) is 66.9 Å². The molecule has 0 bridgehead atoms. The smallest absolute Gasteiger partial charge is 0.264 e. The molecule has 0 aliphatic heterocycles. The standard InChI is InChI=1S/C22H27ClN2O4S/c1-24(18-6-4-3-5-7-18)22(26)16-25(19-10-8-17(23)9-11-19)30(27,28)21-14-12-20(29-2)13-15-21/h8-15,18H,3-7,16H2,1-2H3. The van der Waals surface area contributed by atoms with E-state index in [9.17, 15) is 13.2 Å². The lowest BCUT2D eigenvalue weighted by Gasteiger charge is -2.33. The van der Waals surface area contributed by atoms with Crippen LogP contribution in [0.5, 0.6) is 5.75 Å². The molecule has 6 nitrogen and oxygen atoms in total. The van der Waals surface area contributed by atoms with Gasteiger partial charge in [0, 0.05) is 18.1 Å². The van der Waals surface area contributed by atoms with Crippen molar-refractivity contribution in [3.63, 3.8) is 0 Å². The molecule has 0 unspecified atom stereocenters. The molecule has 1 aliphatic carbocycles. The quantitative estimate of drug-likeness (QED) is 0.629. The molecule has 0 spiro atoms. The molecule has 0 saturated heterocycles. The Hall–Kier alpha value is -2.25. The first kappa shape index (κ1) is 22.4. The van der Waals surface area contributed by atoms with Gasteiger partial charge in [0.1, 0.15) is 12.3 Å². The van der Waals surface area contributed by atoms with Crippen LogP contribution in [0.15, 0.2) is 53.4 Å². The van der Waals surface area contributed by atoms with Crippen LogP contribution in [0, 0.1) is 0 Å². The van der Waals surface area contributed by atoms with Gasteiger partial charge in [-0.25, -0.2) is 8.42 Å². The van der Waals surface area contributed by atoms with Crippen LogP contribution in [-0.2, 0) is 14.8 Å². The molecule has 2 aromatic carbocycles. The first-order valence-electron chi connectivity index (χ1n) is 10.0. The number of methoxy groups -OCH3 is 1. The van der Waals surface area contributed by atoms with Crippen molar-refractivity contribution < 1.29 is 17.9 Å². The molecule has 30 heavy (non-hydrogen) atoms. The summed E-state index contributed by atoms with van der Waals surface area (Å²) in [4.78, 5) is 14.8. The Morgan fingerprint density at radius 2 is 1.63 bits per heavy atom. The second-order valence-corrected chi connectivity index (χ2v) is 9.76. The number of amides is 1. The van der Waals surface area contributed by atoms with Crippen molar-refractivity contribution in [2.75, 3.05) is 25.0 Å². The number of nitrogens with zero attached hydrogens (tertiary/aromatic N) is 2. The number of anilines is 1. The molecular formula is C22H27ClN2O4S. The van der Waals surface area contributed by atoms with Crippen LogP contribution in [-0.4, -0.2) is 46.0 Å². The van der Waals surface area contributed by atoms with Crippen molar-refractivity contribution in [1.82, 2.24) is 4.90 Å². The highest BCUT2D eigenvalue weighted by atomic mass is 35.5. The highest BCUT2D eigenvalue weighted by Gasteiger charge is 2.30. The zero-order valence-corrected chi connectivity index (χ0v) is 18.8. The Morgan fingerprint density at radius 3 is 2.20 bits per heavy atom. The summed E-state index contributed by atoms with van der Waals surface area (Å²) in [5.74, 6) is 0.328. The van der Waals surface area contributed by atoms with Gasteiger partial charge < -0.3 is 9.64 Å². The molecule has 8 heteroatoms. The van der Waals surface area contributed by atoms with Gasteiger partial charge in [-0.2, -0.15) is 0 Å². The van der Waals surface area contributed by atoms with E-state index in [2.05, 4.69) is 0 Å². The summed E-state index contributed by atoms with van der Waals surface area (Å²) >= 11 is 5.98. The van der Waals surface area contributed by atoms with Crippen LogP contribution in [0.25, 0.3) is 0 Å². The number of carbonyl (C=O) groups is 1. The molecule has 1 saturated carbocycles. The van der Waals surface area contributed by atoms with E-state index in [1.165, 1.54) is 25.7 Å². The van der Waals surface area contributed by atoms with Gasteiger partial charge in [0.25, 0.3) is 10.0 Å². The van der Waals surface area contributed by atoms with Crippen LogP contribution in [0.2, 0.25) is 5.02 Å². The Bertz CT molecular complexity index is 956. The third-order valence-corrected chi connectivity index (χ3v) is 7.60. The van der Waals surface area contributed by atoms with Crippen molar-refractivity contribution in [2.24, 2.45) is 0 Å². The number of sulfonamides is 1. The lowest BCUT2D eigenvalue weighted by atomic mass is 9.94. The Morgan fingerprint density at radius 1 is 1.03 bits per heavy atom. The fourth-order valence-corrected chi connectivity index (χ4v) is 5.24. The average Bonchev–Trinajstić information content (AvgIpc) is 2.78. The van der Waals surface area contributed by atoms with E-state index in [1.54, 1.807) is 48.3 Å². The number of halogens is 1. The van der Waals surface area contributed by atoms with E-state index in [4.69, 9.17) is 16.3 Å². The van der Waals surface area contributed by atoms with Crippen molar-refractivity contribution in [2.45, 2.75) is 43.0 Å². The molecule has 0 radical (unpaired) electrons. The van der Waals surface area contributed by atoms with E-state index in [-0.39, 0.29) is 23.4 Å². The number of carbonyl (C=O) groups excluding carboxylic acids is 1. The predicted molar refractivity (Wildman–Crippen MR) is 119 cm³/mol. The molecular weight excluding hydrogens is 424 g/mol. The van der Waals surface area contributed by atoms with Gasteiger partial charge >= 0.3 is 0 Å². The van der Waals surface area contributed by atoms with Gasteiger partial charge in [-0.1, -0.05) is 30.9 Å². The molecule has 1 fully saturated rings. The molecule has 1 amide bonds. The van der Waals surface area contributed by atoms with Gasteiger partial charge in [0.15, 0.2) is 0 Å². The third kappa shape index (κ3) is 5.08. The van der Waals surface area contributed by atoms with E-state index in [1.807, 2.05) is 0 Å². The summed E-state index contributed by atoms with van der Waals surface area (Å²) < 4.78 is 33.1. The number of ether oxygens (including phenoxy) is 1. The lowest BCUT2D eigenvalue weighted by Crippen LogP contribution is -2.45. The SMILES string of the molecule is COc1ccc(S(=O)(=O)N(CC(=O)N(C)C2CCCCC2)c2ccc(Cl)cc2)cc1. The minimum Gasteiger partial charge on any atom is -0.497 e. The number of hydrogen-bond acceptors (Lipinski definition) is 4. The predicted octanol–water partition coefficient (Wildman–Crippen LogP) is 4.34. The summed E-state index contributed by atoms with van der Waals surface area (Å²) in [6, 6.07) is 12.7. The molecule has 0 atom stereocenters. The maximum atomic E-state index is 13.4. The molecule has 0 aromatic heterocycles. The number of hydrogen-bond donors (Lipinski definition) is 0. The van der Waals surface area contributed by atoms with Crippen LogP contribution >= 0.6 is 11.6 Å². The molecule has 0 heterocycles. The maximum Gasteiger partial charge on any atom is 0.264 e. The highest BCUT2D eigenvalue weighted by molar-refractivity contribution is 7.92. The highest BCUT2D eigenvalue weighted by Crippen LogP contribution is 2.27. The summed E-state index contributed by atoms with van der Waals surface area (Å²) in [6.45, 7) is -0.275. The van der Waals surface area contributed by atoms with Crippen molar-refractivity contribution in [3.8, 4) is 5.75 Å². The summed E-state index contributed by atoms with van der Waals surface area (Å²) in [7, 11) is -0.685. The van der Waals surface area contributed by atoms with Gasteiger partial charge in [-0.15, -0.1) is 0 Å².